The maximum Gasteiger partial charge on any atom is 0.324 e. The molecule has 2 fully saturated rings. The number of hydrogen-bond acceptors (Lipinski definition) is 5. The summed E-state index contributed by atoms with van der Waals surface area (Å²) in [6.07, 6.45) is 3.93. The highest BCUT2D eigenvalue weighted by atomic mass is 32.2. The van der Waals surface area contributed by atoms with Crippen molar-refractivity contribution in [3.63, 3.8) is 0 Å². The molecular formula is C23H33FN2O5S. The monoisotopic (exact) mass is 468 g/mol. The summed E-state index contributed by atoms with van der Waals surface area (Å²) in [5.74, 6) is -0.402. The second-order valence-corrected chi connectivity index (χ2v) is 11.7. The van der Waals surface area contributed by atoms with Crippen molar-refractivity contribution in [1.82, 2.24) is 10.2 Å². The van der Waals surface area contributed by atoms with Crippen LogP contribution in [0.15, 0.2) is 18.2 Å². The minimum Gasteiger partial charge on any atom is -0.484 e. The molecule has 1 aromatic carbocycles. The van der Waals surface area contributed by atoms with Crippen molar-refractivity contribution in [2.75, 3.05) is 24.6 Å². The number of halogens is 1. The maximum absolute atomic E-state index is 14.3. The lowest BCUT2D eigenvalue weighted by Gasteiger charge is -2.27. The van der Waals surface area contributed by atoms with Gasteiger partial charge in [-0.15, -0.1) is 0 Å². The van der Waals surface area contributed by atoms with E-state index in [2.05, 4.69) is 5.32 Å². The summed E-state index contributed by atoms with van der Waals surface area (Å²) in [6.45, 7) is 6.24. The van der Waals surface area contributed by atoms with Crippen LogP contribution in [0.1, 0.15) is 64.4 Å². The number of unbranched alkanes of at least 4 members (excludes halogenated alkanes) is 2. The van der Waals surface area contributed by atoms with Crippen molar-refractivity contribution < 1.29 is 27.1 Å². The molecule has 1 heterocycles. The number of nitrogens with zero attached hydrogens (tertiary/aromatic N) is 1. The number of amides is 3. The fourth-order valence-corrected chi connectivity index (χ4v) is 5.84. The topological polar surface area (TPSA) is 92.8 Å². The van der Waals surface area contributed by atoms with Gasteiger partial charge < -0.3 is 9.64 Å². The van der Waals surface area contributed by atoms with E-state index in [1.54, 1.807) is 12.1 Å². The average molecular weight is 469 g/mol. The molecule has 2 aliphatic rings. The Bertz CT molecular complexity index is 959. The molecule has 0 aromatic heterocycles. The summed E-state index contributed by atoms with van der Waals surface area (Å²) in [5.41, 5.74) is 0.291. The third-order valence-electron chi connectivity index (χ3n) is 6.21. The van der Waals surface area contributed by atoms with Crippen LogP contribution in [-0.4, -0.2) is 55.5 Å². The molecule has 3 rings (SSSR count). The SMILES string of the molecule is C[C@@H](CS(=O)(=O)CCCCCN1CC(=O)NC1=O)c1ccc(F)c(OC(C)(C)C2CC2)c1. The van der Waals surface area contributed by atoms with Gasteiger partial charge in [-0.05, 0) is 69.1 Å². The number of ether oxygens (including phenoxy) is 1. The minimum absolute atomic E-state index is 0.0207. The molecule has 1 saturated heterocycles. The molecule has 0 bridgehead atoms. The first-order valence-corrected chi connectivity index (χ1v) is 13.1. The first-order chi connectivity index (χ1) is 15.0. The molecule has 1 aliphatic heterocycles. The Hall–Kier alpha value is -2.16. The van der Waals surface area contributed by atoms with Crippen LogP contribution >= 0.6 is 0 Å². The largest absolute Gasteiger partial charge is 0.484 e. The van der Waals surface area contributed by atoms with Gasteiger partial charge in [0.05, 0.1) is 11.5 Å². The van der Waals surface area contributed by atoms with E-state index in [-0.39, 0.29) is 41.7 Å². The number of hydrogen-bond donors (Lipinski definition) is 1. The molecule has 1 aliphatic carbocycles. The number of benzene rings is 1. The van der Waals surface area contributed by atoms with E-state index in [4.69, 9.17) is 4.74 Å². The van der Waals surface area contributed by atoms with E-state index in [1.807, 2.05) is 20.8 Å². The van der Waals surface area contributed by atoms with Crippen LogP contribution < -0.4 is 10.1 Å². The Balaban J connectivity index is 1.47. The van der Waals surface area contributed by atoms with E-state index < -0.39 is 21.3 Å². The lowest BCUT2D eigenvalue weighted by Crippen LogP contribution is -2.31. The van der Waals surface area contributed by atoms with Crippen molar-refractivity contribution in [2.24, 2.45) is 5.92 Å². The molecule has 1 N–H and O–H groups in total. The molecule has 178 valence electrons. The van der Waals surface area contributed by atoms with Crippen LogP contribution in [0.25, 0.3) is 0 Å². The van der Waals surface area contributed by atoms with Gasteiger partial charge in [0.15, 0.2) is 21.4 Å². The first-order valence-electron chi connectivity index (χ1n) is 11.2. The van der Waals surface area contributed by atoms with Crippen molar-refractivity contribution >= 4 is 21.8 Å². The van der Waals surface area contributed by atoms with Crippen LogP contribution in [0.5, 0.6) is 5.75 Å². The van der Waals surface area contributed by atoms with Gasteiger partial charge in [0.1, 0.15) is 12.1 Å². The highest BCUT2D eigenvalue weighted by molar-refractivity contribution is 7.91. The van der Waals surface area contributed by atoms with Crippen LogP contribution in [-0.2, 0) is 14.6 Å². The van der Waals surface area contributed by atoms with Gasteiger partial charge in [-0.3, -0.25) is 10.1 Å². The smallest absolute Gasteiger partial charge is 0.324 e. The summed E-state index contributed by atoms with van der Waals surface area (Å²) < 4.78 is 45.4. The number of carbonyl (C=O) groups excluding carboxylic acids is 2. The zero-order valence-electron chi connectivity index (χ0n) is 19.0. The maximum atomic E-state index is 14.3. The Morgan fingerprint density at radius 2 is 1.94 bits per heavy atom. The van der Waals surface area contributed by atoms with E-state index in [0.717, 1.165) is 18.4 Å². The molecule has 0 unspecified atom stereocenters. The average Bonchev–Trinajstić information content (AvgIpc) is 3.49. The van der Waals surface area contributed by atoms with Gasteiger partial charge in [-0.2, -0.15) is 0 Å². The minimum atomic E-state index is -3.29. The van der Waals surface area contributed by atoms with Gasteiger partial charge in [0.25, 0.3) is 0 Å². The van der Waals surface area contributed by atoms with Crippen molar-refractivity contribution in [3.05, 3.63) is 29.6 Å². The predicted octanol–water partition coefficient (Wildman–Crippen LogP) is 3.63. The molecule has 9 heteroatoms. The zero-order chi connectivity index (χ0) is 23.5. The number of imide groups is 1. The zero-order valence-corrected chi connectivity index (χ0v) is 19.8. The second-order valence-electron chi connectivity index (χ2n) is 9.52. The van der Waals surface area contributed by atoms with Gasteiger partial charge in [-0.25, -0.2) is 17.6 Å². The van der Waals surface area contributed by atoms with Crippen LogP contribution in [0.4, 0.5) is 9.18 Å². The van der Waals surface area contributed by atoms with Crippen molar-refractivity contribution in [1.29, 1.82) is 0 Å². The number of sulfone groups is 1. The predicted molar refractivity (Wildman–Crippen MR) is 120 cm³/mol. The van der Waals surface area contributed by atoms with E-state index in [0.29, 0.717) is 31.7 Å². The second kappa shape index (κ2) is 9.77. The van der Waals surface area contributed by atoms with Gasteiger partial charge >= 0.3 is 6.03 Å². The number of rotatable bonds is 12. The first kappa shape index (κ1) is 24.5. The fourth-order valence-electron chi connectivity index (χ4n) is 4.08. The highest BCUT2D eigenvalue weighted by Crippen LogP contribution is 2.42. The summed E-state index contributed by atoms with van der Waals surface area (Å²) in [5, 5.41) is 2.22. The van der Waals surface area contributed by atoms with Crippen LogP contribution in [0.3, 0.4) is 0 Å². The molecule has 3 amide bonds. The number of urea groups is 1. The molecule has 1 aromatic rings. The highest BCUT2D eigenvalue weighted by Gasteiger charge is 2.40. The summed E-state index contributed by atoms with van der Waals surface area (Å²) in [7, 11) is -3.29. The summed E-state index contributed by atoms with van der Waals surface area (Å²) in [6, 6.07) is 4.20. The lowest BCUT2D eigenvalue weighted by molar-refractivity contribution is -0.118. The van der Waals surface area contributed by atoms with Crippen molar-refractivity contribution in [3.8, 4) is 5.75 Å². The van der Waals surface area contributed by atoms with Crippen LogP contribution in [0, 0.1) is 11.7 Å². The molecule has 0 spiro atoms. The molecule has 1 saturated carbocycles. The Morgan fingerprint density at radius 3 is 2.56 bits per heavy atom. The lowest BCUT2D eigenvalue weighted by atomic mass is 10.0. The summed E-state index contributed by atoms with van der Waals surface area (Å²) in [4.78, 5) is 24.1. The molecular weight excluding hydrogens is 435 g/mol. The van der Waals surface area contributed by atoms with Gasteiger partial charge in [-0.1, -0.05) is 19.4 Å². The van der Waals surface area contributed by atoms with Gasteiger partial charge in [0.2, 0.25) is 5.91 Å². The van der Waals surface area contributed by atoms with E-state index >= 15 is 0 Å². The Labute approximate surface area is 189 Å². The number of nitrogens with one attached hydrogen (secondary N) is 1. The molecule has 32 heavy (non-hydrogen) atoms. The normalized spacial score (nSPS) is 18.1. The number of carbonyl (C=O) groups is 2. The fraction of sp³-hybridized carbons (Fsp3) is 0.652. The Morgan fingerprint density at radius 1 is 1.22 bits per heavy atom. The van der Waals surface area contributed by atoms with Crippen molar-refractivity contribution in [2.45, 2.75) is 64.4 Å². The van der Waals surface area contributed by atoms with E-state index in [9.17, 15) is 22.4 Å². The van der Waals surface area contributed by atoms with Crippen LogP contribution in [0.2, 0.25) is 0 Å². The summed E-state index contributed by atoms with van der Waals surface area (Å²) >= 11 is 0. The quantitative estimate of drug-likeness (QED) is 0.374. The molecule has 1 atom stereocenters. The Kier molecular flexibility index (Phi) is 7.47. The van der Waals surface area contributed by atoms with E-state index in [1.165, 1.54) is 11.0 Å². The standard InChI is InChI=1S/C23H33FN2O5S/c1-16(17-7-10-19(24)20(13-17)31-23(2,3)18-8-9-18)15-32(29,30)12-6-4-5-11-26-14-21(27)25-22(26)28/h7,10,13,16,18H,4-6,8-9,11-12,14-15H2,1-3H3,(H,25,27,28)/t16-/m0/s1. The van der Waals surface area contributed by atoms with Gasteiger partial charge in [0, 0.05) is 6.54 Å². The third-order valence-corrected chi connectivity index (χ3v) is 8.13. The molecule has 7 nitrogen and oxygen atoms in total. The third kappa shape index (κ3) is 6.67. The molecule has 0 radical (unpaired) electrons.